The first-order chi connectivity index (χ1) is 17.0. The number of allylic oxidation sites excluding steroid dienone is 2. The van der Waals surface area contributed by atoms with Gasteiger partial charge in [0, 0.05) is 32.4 Å². The van der Waals surface area contributed by atoms with Crippen LogP contribution >= 0.6 is 11.3 Å². The highest BCUT2D eigenvalue weighted by Crippen LogP contribution is 2.28. The van der Waals surface area contributed by atoms with Crippen molar-refractivity contribution in [3.63, 3.8) is 0 Å². The van der Waals surface area contributed by atoms with Gasteiger partial charge in [-0.25, -0.2) is 0 Å². The lowest BCUT2D eigenvalue weighted by Gasteiger charge is -2.18. The second-order valence-corrected chi connectivity index (χ2v) is 8.76. The molecule has 1 saturated heterocycles. The molecule has 2 N–H and O–H groups in total. The SMILES string of the molecule is COC(C(=O)Nc1nnc(NC2CCN(C3=CCCC=CN=N3)C2)s1)c1cccc(OC(F)F)c1. The number of methoxy groups -OCH3 is 1. The Kier molecular flexibility index (Phi) is 8.32. The van der Waals surface area contributed by atoms with Crippen molar-refractivity contribution in [1.82, 2.24) is 15.1 Å². The van der Waals surface area contributed by atoms with Crippen molar-refractivity contribution in [3.8, 4) is 5.75 Å². The number of likely N-dealkylation sites (tertiary alicyclic amines) is 1. The van der Waals surface area contributed by atoms with Gasteiger partial charge in [0.15, 0.2) is 6.10 Å². The molecule has 3 heterocycles. The number of aromatic nitrogens is 2. The van der Waals surface area contributed by atoms with Crippen molar-refractivity contribution in [2.75, 3.05) is 30.8 Å². The van der Waals surface area contributed by atoms with E-state index in [-0.39, 0.29) is 16.9 Å². The van der Waals surface area contributed by atoms with E-state index in [1.807, 2.05) is 6.08 Å². The van der Waals surface area contributed by atoms with Crippen molar-refractivity contribution in [2.45, 2.75) is 38.0 Å². The van der Waals surface area contributed by atoms with E-state index in [2.05, 4.69) is 46.8 Å². The molecule has 2 unspecified atom stereocenters. The predicted octanol–water partition coefficient (Wildman–Crippen LogP) is 4.55. The lowest BCUT2D eigenvalue weighted by atomic mass is 10.1. The number of carbonyl (C=O) groups is 1. The highest BCUT2D eigenvalue weighted by Gasteiger charge is 2.26. The molecule has 1 amide bonds. The van der Waals surface area contributed by atoms with E-state index >= 15 is 0 Å². The standard InChI is InChI=1S/C22H25F2N7O3S/c1-33-18(14-6-5-7-16(12-14)34-20(23)24)19(32)27-22-30-29-21(35-22)26-15-9-11-31(13-15)17-8-3-2-4-10-25-28-17/h4-8,10,12,15,18,20H,2-3,9,11,13H2,1H3,(H,26,29)(H,27,30,32). The van der Waals surface area contributed by atoms with Crippen LogP contribution in [0.1, 0.15) is 30.9 Å². The van der Waals surface area contributed by atoms with Crippen molar-refractivity contribution in [2.24, 2.45) is 10.2 Å². The van der Waals surface area contributed by atoms with Crippen LogP contribution < -0.4 is 15.4 Å². The molecule has 1 aromatic heterocycles. The Labute approximate surface area is 204 Å². The summed E-state index contributed by atoms with van der Waals surface area (Å²) >= 11 is 1.20. The number of hydrogen-bond donors (Lipinski definition) is 2. The third kappa shape index (κ3) is 6.79. The third-order valence-electron chi connectivity index (χ3n) is 5.35. The number of alkyl halides is 2. The van der Waals surface area contributed by atoms with E-state index in [1.54, 1.807) is 12.3 Å². The molecule has 4 rings (SSSR count). The Morgan fingerprint density at radius 3 is 2.94 bits per heavy atom. The summed E-state index contributed by atoms with van der Waals surface area (Å²) in [4.78, 5) is 14.9. The number of azo groups is 1. The third-order valence-corrected chi connectivity index (χ3v) is 6.12. The van der Waals surface area contributed by atoms with E-state index in [4.69, 9.17) is 4.74 Å². The summed E-state index contributed by atoms with van der Waals surface area (Å²) in [5.74, 6) is 0.304. The van der Waals surface area contributed by atoms with Gasteiger partial charge < -0.3 is 19.7 Å². The summed E-state index contributed by atoms with van der Waals surface area (Å²) < 4.78 is 34.7. The first-order valence-corrected chi connectivity index (χ1v) is 11.8. The number of amides is 1. The van der Waals surface area contributed by atoms with Crippen molar-refractivity contribution in [3.05, 3.63) is 54.0 Å². The quantitative estimate of drug-likeness (QED) is 0.514. The monoisotopic (exact) mass is 505 g/mol. The van der Waals surface area contributed by atoms with E-state index in [9.17, 15) is 13.6 Å². The smallest absolute Gasteiger partial charge is 0.387 e. The fourth-order valence-electron chi connectivity index (χ4n) is 3.77. The van der Waals surface area contributed by atoms with Gasteiger partial charge in [0.25, 0.3) is 5.91 Å². The van der Waals surface area contributed by atoms with Crippen LogP contribution in [0.15, 0.2) is 58.7 Å². The van der Waals surface area contributed by atoms with Crippen molar-refractivity contribution < 1.29 is 23.0 Å². The Morgan fingerprint density at radius 1 is 1.26 bits per heavy atom. The Bertz CT molecular complexity index is 1110. The van der Waals surface area contributed by atoms with E-state index in [0.29, 0.717) is 10.7 Å². The highest BCUT2D eigenvalue weighted by atomic mass is 32.1. The van der Waals surface area contributed by atoms with Crippen LogP contribution in [0.5, 0.6) is 5.75 Å². The molecule has 186 valence electrons. The molecule has 0 spiro atoms. The summed E-state index contributed by atoms with van der Waals surface area (Å²) in [6, 6.07) is 5.95. The van der Waals surface area contributed by atoms with Crippen LogP contribution in [-0.2, 0) is 9.53 Å². The number of halogens is 2. The van der Waals surface area contributed by atoms with Gasteiger partial charge in [-0.3, -0.25) is 10.1 Å². The predicted molar refractivity (Wildman–Crippen MR) is 126 cm³/mol. The Balaban J connectivity index is 1.33. The summed E-state index contributed by atoms with van der Waals surface area (Å²) in [6.07, 6.45) is 7.52. The molecule has 1 fully saturated rings. The molecule has 0 bridgehead atoms. The van der Waals surface area contributed by atoms with Crippen molar-refractivity contribution in [1.29, 1.82) is 0 Å². The van der Waals surface area contributed by atoms with Crippen LogP contribution in [0.2, 0.25) is 0 Å². The first-order valence-electron chi connectivity index (χ1n) is 11.0. The fourth-order valence-corrected chi connectivity index (χ4v) is 4.49. The molecule has 0 aliphatic carbocycles. The molecule has 10 nitrogen and oxygen atoms in total. The Hall–Kier alpha value is -3.45. The molecular formula is C22H25F2N7O3S. The summed E-state index contributed by atoms with van der Waals surface area (Å²) in [6.45, 7) is -1.37. The van der Waals surface area contributed by atoms with E-state index < -0.39 is 18.6 Å². The van der Waals surface area contributed by atoms with Gasteiger partial charge in [-0.05, 0) is 43.0 Å². The number of anilines is 2. The highest BCUT2D eigenvalue weighted by molar-refractivity contribution is 7.19. The number of benzene rings is 1. The normalized spacial score (nSPS) is 18.7. The Morgan fingerprint density at radius 2 is 2.11 bits per heavy atom. The molecule has 2 atom stereocenters. The lowest BCUT2D eigenvalue weighted by molar-refractivity contribution is -0.126. The largest absolute Gasteiger partial charge is 0.435 e. The fraction of sp³-hybridized carbons (Fsp3) is 0.409. The van der Waals surface area contributed by atoms with Crippen LogP contribution in [0, 0.1) is 0 Å². The number of nitrogens with zero attached hydrogens (tertiary/aromatic N) is 5. The average molecular weight is 506 g/mol. The maximum absolute atomic E-state index is 12.8. The van der Waals surface area contributed by atoms with E-state index in [1.165, 1.54) is 36.6 Å². The minimum absolute atomic E-state index is 0.0616. The molecule has 13 heteroatoms. The summed E-state index contributed by atoms with van der Waals surface area (Å²) in [5, 5.41) is 23.4. The number of ether oxygens (including phenoxy) is 2. The maximum atomic E-state index is 12.8. The van der Waals surface area contributed by atoms with Gasteiger partial charge in [0.05, 0.1) is 0 Å². The zero-order valence-corrected chi connectivity index (χ0v) is 19.8. The maximum Gasteiger partial charge on any atom is 0.387 e. The number of rotatable bonds is 9. The summed E-state index contributed by atoms with van der Waals surface area (Å²) in [5.41, 5.74) is 0.369. The number of nitrogens with one attached hydrogen (secondary N) is 2. The molecule has 1 aromatic carbocycles. The zero-order valence-electron chi connectivity index (χ0n) is 18.9. The van der Waals surface area contributed by atoms with E-state index in [0.717, 1.165) is 38.2 Å². The molecule has 2 aliphatic heterocycles. The van der Waals surface area contributed by atoms with Gasteiger partial charge in [-0.1, -0.05) is 29.5 Å². The topological polar surface area (TPSA) is 113 Å². The average Bonchev–Trinajstić information content (AvgIpc) is 3.44. The van der Waals surface area contributed by atoms with Gasteiger partial charge >= 0.3 is 6.61 Å². The minimum atomic E-state index is -2.96. The lowest BCUT2D eigenvalue weighted by Crippen LogP contribution is -2.25. The van der Waals surface area contributed by atoms with Crippen molar-refractivity contribution >= 4 is 27.5 Å². The second-order valence-electron chi connectivity index (χ2n) is 7.78. The molecule has 35 heavy (non-hydrogen) atoms. The van der Waals surface area contributed by atoms with Gasteiger partial charge in [0.1, 0.15) is 11.6 Å². The molecular weight excluding hydrogens is 480 g/mol. The molecule has 0 saturated carbocycles. The second kappa shape index (κ2) is 11.8. The van der Waals surface area contributed by atoms with Crippen LogP contribution in [-0.4, -0.2) is 53.9 Å². The van der Waals surface area contributed by atoms with Gasteiger partial charge in [-0.2, -0.15) is 13.9 Å². The molecule has 2 aromatic rings. The molecule has 0 radical (unpaired) electrons. The van der Waals surface area contributed by atoms with Crippen LogP contribution in [0.25, 0.3) is 0 Å². The molecule has 2 aliphatic rings. The van der Waals surface area contributed by atoms with Crippen LogP contribution in [0.3, 0.4) is 0 Å². The zero-order chi connectivity index (χ0) is 24.6. The minimum Gasteiger partial charge on any atom is -0.435 e. The van der Waals surface area contributed by atoms with Crippen LogP contribution in [0.4, 0.5) is 19.0 Å². The summed E-state index contributed by atoms with van der Waals surface area (Å²) in [7, 11) is 1.35. The number of hydrogen-bond acceptors (Lipinski definition) is 10. The number of carbonyl (C=O) groups excluding carboxylic acids is 1. The first kappa shape index (κ1) is 24.7. The van der Waals surface area contributed by atoms with Gasteiger partial charge in [0.2, 0.25) is 10.3 Å². The van der Waals surface area contributed by atoms with Gasteiger partial charge in [-0.15, -0.1) is 15.3 Å².